The number of rotatable bonds is 6. The molecule has 1 aliphatic heterocycles. The number of nitrogens with zero attached hydrogens (tertiary/aromatic N) is 1. The molecule has 3 aromatic rings. The molecule has 3 aromatic carbocycles. The van der Waals surface area contributed by atoms with Crippen LogP contribution in [0, 0.1) is 13.8 Å². The number of hydrogen-bond donors (Lipinski definition) is 3. The quantitative estimate of drug-likeness (QED) is 0.432. The van der Waals surface area contributed by atoms with E-state index >= 15 is 0 Å². The molecule has 4 rings (SSSR count). The smallest absolute Gasteiger partial charge is 0.323 e. The number of morpholine rings is 1. The Kier molecular flexibility index (Phi) is 7.90. The summed E-state index contributed by atoms with van der Waals surface area (Å²) in [7, 11) is 0. The van der Waals surface area contributed by atoms with Gasteiger partial charge in [0.25, 0.3) is 5.91 Å². The first-order chi connectivity index (χ1) is 16.9. The Morgan fingerprint density at radius 1 is 0.914 bits per heavy atom. The number of ether oxygens (including phenoxy) is 1. The van der Waals surface area contributed by atoms with E-state index < -0.39 is 6.03 Å². The highest BCUT2D eigenvalue weighted by molar-refractivity contribution is 6.31. The van der Waals surface area contributed by atoms with E-state index in [1.54, 1.807) is 24.3 Å². The molecule has 3 N–H and O–H groups in total. The number of benzene rings is 3. The predicted octanol–water partition coefficient (Wildman–Crippen LogP) is 5.37. The minimum absolute atomic E-state index is 0.215. The van der Waals surface area contributed by atoms with Crippen molar-refractivity contribution in [3.8, 4) is 0 Å². The number of hydrogen-bond acceptors (Lipinski definition) is 4. The molecule has 0 radical (unpaired) electrons. The molecule has 7 nitrogen and oxygen atoms in total. The third kappa shape index (κ3) is 6.53. The molecule has 0 atom stereocenters. The summed E-state index contributed by atoms with van der Waals surface area (Å²) >= 11 is 6.09. The van der Waals surface area contributed by atoms with Crippen LogP contribution in [0.1, 0.15) is 27.0 Å². The van der Waals surface area contributed by atoms with Gasteiger partial charge in [-0.25, -0.2) is 4.79 Å². The van der Waals surface area contributed by atoms with Crippen molar-refractivity contribution in [2.24, 2.45) is 0 Å². The van der Waals surface area contributed by atoms with E-state index in [0.29, 0.717) is 54.8 Å². The zero-order valence-electron chi connectivity index (χ0n) is 19.9. The Bertz CT molecular complexity index is 1210. The Balaban J connectivity index is 1.53. The number of amides is 3. The Hall–Kier alpha value is -3.55. The summed E-state index contributed by atoms with van der Waals surface area (Å²) in [5.41, 5.74) is 5.54. The first-order valence-electron chi connectivity index (χ1n) is 11.5. The second kappa shape index (κ2) is 11.3. The van der Waals surface area contributed by atoms with Gasteiger partial charge in [0, 0.05) is 35.9 Å². The van der Waals surface area contributed by atoms with Crippen LogP contribution in [0.5, 0.6) is 0 Å². The van der Waals surface area contributed by atoms with Gasteiger partial charge in [-0.05, 0) is 55.3 Å². The fraction of sp³-hybridized carbons (Fsp3) is 0.259. The van der Waals surface area contributed by atoms with Gasteiger partial charge in [0.05, 0.1) is 24.6 Å². The van der Waals surface area contributed by atoms with Crippen LogP contribution in [0.4, 0.5) is 21.9 Å². The SMILES string of the molecule is Cc1ccc(CNC(=O)c2ccc(N3CCOCC3)c(NC(=O)Nc3cc(Cl)ccc3C)c2)cc1. The summed E-state index contributed by atoms with van der Waals surface area (Å²) in [6, 6.07) is 18.3. The number of nitrogens with one attached hydrogen (secondary N) is 3. The third-order valence-electron chi connectivity index (χ3n) is 5.88. The molecule has 0 bridgehead atoms. The molecule has 8 heteroatoms. The second-order valence-corrected chi connectivity index (χ2v) is 8.97. The standard InChI is InChI=1S/C27H29ClN4O3/c1-18-3-6-20(7-4-18)17-29-26(33)21-8-10-25(32-11-13-35-14-12-32)24(15-21)31-27(34)30-23-16-22(28)9-5-19(23)2/h3-10,15-16H,11-14,17H2,1-2H3,(H,29,33)(H2,30,31,34). The second-order valence-electron chi connectivity index (χ2n) is 8.54. The fourth-order valence-electron chi connectivity index (χ4n) is 3.85. The number of carbonyl (C=O) groups excluding carboxylic acids is 2. The number of anilines is 3. The molecule has 0 saturated carbocycles. The first kappa shape index (κ1) is 24.6. The van der Waals surface area contributed by atoms with E-state index in [1.807, 2.05) is 50.2 Å². The summed E-state index contributed by atoms with van der Waals surface area (Å²) in [6.45, 7) is 6.94. The summed E-state index contributed by atoms with van der Waals surface area (Å²) in [5, 5.41) is 9.26. The monoisotopic (exact) mass is 492 g/mol. The van der Waals surface area contributed by atoms with Crippen LogP contribution in [-0.2, 0) is 11.3 Å². The largest absolute Gasteiger partial charge is 0.378 e. The van der Waals surface area contributed by atoms with Crippen molar-refractivity contribution in [1.29, 1.82) is 0 Å². The lowest BCUT2D eigenvalue weighted by Gasteiger charge is -2.30. The topological polar surface area (TPSA) is 82.7 Å². The molecular formula is C27H29ClN4O3. The van der Waals surface area contributed by atoms with Gasteiger partial charge in [0.15, 0.2) is 0 Å². The maximum atomic E-state index is 12.9. The van der Waals surface area contributed by atoms with Gasteiger partial charge in [-0.15, -0.1) is 0 Å². The number of aryl methyl sites for hydroxylation is 2. The average molecular weight is 493 g/mol. The van der Waals surface area contributed by atoms with Crippen molar-refractivity contribution in [3.05, 3.63) is 87.9 Å². The zero-order chi connectivity index (χ0) is 24.8. The summed E-state index contributed by atoms with van der Waals surface area (Å²) < 4.78 is 5.47. The molecule has 1 aliphatic rings. The van der Waals surface area contributed by atoms with E-state index in [4.69, 9.17) is 16.3 Å². The van der Waals surface area contributed by atoms with Crippen molar-refractivity contribution in [3.63, 3.8) is 0 Å². The Morgan fingerprint density at radius 2 is 1.63 bits per heavy atom. The van der Waals surface area contributed by atoms with Crippen molar-refractivity contribution in [1.82, 2.24) is 5.32 Å². The van der Waals surface area contributed by atoms with Crippen molar-refractivity contribution < 1.29 is 14.3 Å². The zero-order valence-corrected chi connectivity index (χ0v) is 20.6. The molecule has 1 saturated heterocycles. The van der Waals surface area contributed by atoms with Gasteiger partial charge < -0.3 is 25.6 Å². The van der Waals surface area contributed by atoms with Crippen molar-refractivity contribution in [2.45, 2.75) is 20.4 Å². The number of halogens is 1. The molecule has 1 fully saturated rings. The lowest BCUT2D eigenvalue weighted by atomic mass is 10.1. The van der Waals surface area contributed by atoms with Gasteiger partial charge in [-0.1, -0.05) is 47.5 Å². The van der Waals surface area contributed by atoms with Crippen molar-refractivity contribution in [2.75, 3.05) is 41.8 Å². The highest BCUT2D eigenvalue weighted by Crippen LogP contribution is 2.29. The van der Waals surface area contributed by atoms with Crippen molar-refractivity contribution >= 4 is 40.6 Å². The normalized spacial score (nSPS) is 13.3. The van der Waals surface area contributed by atoms with Gasteiger partial charge in [-0.3, -0.25) is 4.79 Å². The first-order valence-corrected chi connectivity index (χ1v) is 11.9. The van der Waals surface area contributed by atoms with Crippen LogP contribution in [0.3, 0.4) is 0 Å². The van der Waals surface area contributed by atoms with E-state index in [9.17, 15) is 9.59 Å². The van der Waals surface area contributed by atoms with Crippen LogP contribution >= 0.6 is 11.6 Å². The molecule has 0 unspecified atom stereocenters. The lowest BCUT2D eigenvalue weighted by molar-refractivity contribution is 0.0951. The molecule has 0 aromatic heterocycles. The summed E-state index contributed by atoms with van der Waals surface area (Å²) in [5.74, 6) is -0.215. The van der Waals surface area contributed by atoms with Crippen LogP contribution < -0.4 is 20.9 Å². The number of carbonyl (C=O) groups is 2. The highest BCUT2D eigenvalue weighted by Gasteiger charge is 2.19. The van der Waals surface area contributed by atoms with Gasteiger partial charge in [0.1, 0.15) is 0 Å². The van der Waals surface area contributed by atoms with E-state index in [1.165, 1.54) is 5.56 Å². The lowest BCUT2D eigenvalue weighted by Crippen LogP contribution is -2.37. The van der Waals surface area contributed by atoms with E-state index in [-0.39, 0.29) is 5.91 Å². The van der Waals surface area contributed by atoms with E-state index in [2.05, 4.69) is 20.9 Å². The van der Waals surface area contributed by atoms with Gasteiger partial charge in [-0.2, -0.15) is 0 Å². The van der Waals surface area contributed by atoms with Crippen LogP contribution in [0.2, 0.25) is 5.02 Å². The molecule has 35 heavy (non-hydrogen) atoms. The average Bonchev–Trinajstić information content (AvgIpc) is 2.86. The maximum absolute atomic E-state index is 12.9. The van der Waals surface area contributed by atoms with Crippen LogP contribution in [0.15, 0.2) is 60.7 Å². The summed E-state index contributed by atoms with van der Waals surface area (Å²) in [6.07, 6.45) is 0. The molecule has 0 aliphatic carbocycles. The minimum atomic E-state index is -0.415. The summed E-state index contributed by atoms with van der Waals surface area (Å²) in [4.78, 5) is 27.9. The van der Waals surface area contributed by atoms with Crippen LogP contribution in [0.25, 0.3) is 0 Å². The number of urea groups is 1. The minimum Gasteiger partial charge on any atom is -0.378 e. The van der Waals surface area contributed by atoms with Gasteiger partial charge >= 0.3 is 6.03 Å². The van der Waals surface area contributed by atoms with Gasteiger partial charge in [0.2, 0.25) is 0 Å². The van der Waals surface area contributed by atoms with E-state index in [0.717, 1.165) is 16.8 Å². The Labute approximate surface area is 210 Å². The maximum Gasteiger partial charge on any atom is 0.323 e. The molecule has 0 spiro atoms. The molecule has 1 heterocycles. The predicted molar refractivity (Wildman–Crippen MR) is 141 cm³/mol. The molecule has 3 amide bonds. The third-order valence-corrected chi connectivity index (χ3v) is 6.12. The van der Waals surface area contributed by atoms with Crippen LogP contribution in [-0.4, -0.2) is 38.2 Å². The Morgan fingerprint density at radius 3 is 2.37 bits per heavy atom. The molecular weight excluding hydrogens is 464 g/mol. The fourth-order valence-corrected chi connectivity index (χ4v) is 4.02. The molecule has 182 valence electrons. The highest BCUT2D eigenvalue weighted by atomic mass is 35.5.